The lowest BCUT2D eigenvalue weighted by Crippen LogP contribution is -1.96. The molecule has 4 N–H and O–H groups in total. The predicted octanol–water partition coefficient (Wildman–Crippen LogP) is 3.26. The van der Waals surface area contributed by atoms with E-state index in [1.165, 1.54) is 12.8 Å². The molecule has 0 saturated heterocycles. The topological polar surface area (TPSA) is 98.0 Å². The van der Waals surface area contributed by atoms with E-state index in [9.17, 15) is 4.79 Å². The zero-order valence-electron chi connectivity index (χ0n) is 14.3. The van der Waals surface area contributed by atoms with Crippen LogP contribution in [0, 0.1) is 11.8 Å². The maximum Gasteiger partial charge on any atom is 0.331 e. The summed E-state index contributed by atoms with van der Waals surface area (Å²) >= 11 is 4.16. The van der Waals surface area contributed by atoms with Crippen molar-refractivity contribution < 1.29 is 24.8 Å². The highest BCUT2D eigenvalue weighted by Crippen LogP contribution is 2.17. The average Bonchev–Trinajstić information content (AvgIpc) is 3.40. The highest BCUT2D eigenvalue weighted by Gasteiger charge is 2.06. The molecule has 3 aliphatic rings. The van der Waals surface area contributed by atoms with Crippen LogP contribution in [-0.2, 0) is 4.79 Å². The molecule has 0 amide bonds. The van der Waals surface area contributed by atoms with E-state index in [0.29, 0.717) is 24.5 Å². The molecular formula is C18H29O5PS. The molecule has 2 unspecified atom stereocenters. The van der Waals surface area contributed by atoms with Gasteiger partial charge in [0.15, 0.2) is 0 Å². The third-order valence-corrected chi connectivity index (χ3v) is 4.21. The number of carbonyl (C=O) groups is 1. The van der Waals surface area contributed by atoms with E-state index >= 15 is 0 Å². The van der Waals surface area contributed by atoms with Gasteiger partial charge in [0.1, 0.15) is 9.03 Å². The van der Waals surface area contributed by atoms with Crippen LogP contribution in [0.2, 0.25) is 0 Å². The number of hydrogen-bond acceptors (Lipinski definition) is 5. The molecule has 25 heavy (non-hydrogen) atoms. The van der Waals surface area contributed by atoms with Gasteiger partial charge in [0.2, 0.25) is 0 Å². The van der Waals surface area contributed by atoms with Gasteiger partial charge >= 0.3 is 5.97 Å². The molecule has 7 heteroatoms. The summed E-state index contributed by atoms with van der Waals surface area (Å²) in [6, 6.07) is 0. The molecule has 0 aliphatic heterocycles. The summed E-state index contributed by atoms with van der Waals surface area (Å²) in [5.41, 5.74) is 0.477. The molecule has 0 saturated carbocycles. The van der Waals surface area contributed by atoms with E-state index in [0.717, 1.165) is 24.5 Å². The molecular weight excluding hydrogens is 359 g/mol. The number of aliphatic hydroxyl groups excluding tert-OH is 1. The minimum Gasteiger partial charge on any atom is -0.478 e. The number of allylic oxidation sites excluding steroid dienone is 6. The summed E-state index contributed by atoms with van der Waals surface area (Å²) in [6.07, 6.45) is 19.4. The Hall–Kier alpha value is -0.910. The van der Waals surface area contributed by atoms with Crippen molar-refractivity contribution in [2.24, 2.45) is 11.8 Å². The highest BCUT2D eigenvalue weighted by molar-refractivity contribution is 7.80. The van der Waals surface area contributed by atoms with Gasteiger partial charge in [-0.3, -0.25) is 0 Å². The normalized spacial score (nSPS) is 22.2. The maximum absolute atomic E-state index is 10.1. The molecule has 142 valence electrons. The quantitative estimate of drug-likeness (QED) is 0.290. The lowest BCUT2D eigenvalue weighted by molar-refractivity contribution is -0.132. The van der Waals surface area contributed by atoms with E-state index in [1.807, 2.05) is 6.08 Å². The van der Waals surface area contributed by atoms with Crippen molar-refractivity contribution in [1.82, 2.24) is 0 Å². The SMILES string of the molecule is O=C(O)C1=CC=CC1.OCC1C=CCC1.OPO.SCC1C=CCC1. The van der Waals surface area contributed by atoms with Crippen LogP contribution in [0.4, 0.5) is 0 Å². The van der Waals surface area contributed by atoms with Crippen LogP contribution < -0.4 is 0 Å². The van der Waals surface area contributed by atoms with Gasteiger partial charge in [0, 0.05) is 18.1 Å². The van der Waals surface area contributed by atoms with Crippen molar-refractivity contribution in [1.29, 1.82) is 0 Å². The molecule has 0 spiro atoms. The van der Waals surface area contributed by atoms with Crippen molar-refractivity contribution in [2.45, 2.75) is 32.1 Å². The van der Waals surface area contributed by atoms with Gasteiger partial charge in [-0.15, -0.1) is 0 Å². The molecule has 2 atom stereocenters. The van der Waals surface area contributed by atoms with E-state index < -0.39 is 15.0 Å². The number of aliphatic hydroxyl groups is 1. The minimum atomic E-state index is -0.917. The first-order valence-electron chi connectivity index (χ1n) is 8.26. The van der Waals surface area contributed by atoms with Gasteiger partial charge in [-0.05, 0) is 43.8 Å². The summed E-state index contributed by atoms with van der Waals surface area (Å²) in [4.78, 5) is 24.4. The van der Waals surface area contributed by atoms with Crippen molar-refractivity contribution >= 4 is 27.6 Å². The molecule has 3 aliphatic carbocycles. The highest BCUT2D eigenvalue weighted by atomic mass is 32.1. The number of rotatable bonds is 3. The smallest absolute Gasteiger partial charge is 0.331 e. The minimum absolute atomic E-state index is 0.330. The average molecular weight is 388 g/mol. The van der Waals surface area contributed by atoms with Crippen LogP contribution in [-0.4, -0.2) is 38.3 Å². The van der Waals surface area contributed by atoms with Crippen molar-refractivity contribution in [3.8, 4) is 0 Å². The lowest BCUT2D eigenvalue weighted by atomic mass is 10.1. The fraction of sp³-hybridized carbons (Fsp3) is 0.500. The Morgan fingerprint density at radius 2 is 1.68 bits per heavy atom. The number of hydrogen-bond donors (Lipinski definition) is 5. The maximum atomic E-state index is 10.1. The van der Waals surface area contributed by atoms with Crippen molar-refractivity contribution in [2.75, 3.05) is 12.4 Å². The Kier molecular flexibility index (Phi) is 16.0. The Labute approximate surface area is 157 Å². The third-order valence-electron chi connectivity index (χ3n) is 3.74. The van der Waals surface area contributed by atoms with Crippen LogP contribution in [0.5, 0.6) is 0 Å². The van der Waals surface area contributed by atoms with Crippen molar-refractivity contribution in [3.63, 3.8) is 0 Å². The summed E-state index contributed by atoms with van der Waals surface area (Å²) in [5.74, 6) is 1.47. The summed E-state index contributed by atoms with van der Waals surface area (Å²) < 4.78 is 0. The van der Waals surface area contributed by atoms with E-state index in [-0.39, 0.29) is 0 Å². The Morgan fingerprint density at radius 1 is 1.12 bits per heavy atom. The van der Waals surface area contributed by atoms with Crippen LogP contribution >= 0.6 is 21.7 Å². The van der Waals surface area contributed by atoms with E-state index in [1.54, 1.807) is 12.2 Å². The Bertz CT molecular complexity index is 452. The van der Waals surface area contributed by atoms with Gasteiger partial charge in [-0.2, -0.15) is 12.6 Å². The molecule has 0 aromatic carbocycles. The van der Waals surface area contributed by atoms with Gasteiger partial charge in [0.25, 0.3) is 0 Å². The fourth-order valence-corrected chi connectivity index (χ4v) is 2.60. The second-order valence-electron chi connectivity index (χ2n) is 5.63. The number of aliphatic carboxylic acids is 1. The number of carboxylic acid groups (broad SMARTS) is 1. The largest absolute Gasteiger partial charge is 0.478 e. The molecule has 0 bridgehead atoms. The molecule has 0 radical (unpaired) electrons. The molecule has 5 nitrogen and oxygen atoms in total. The standard InChI is InChI=1S/C6H6O2.C6H10O.C6H10S.H3O2P/c7-6(8)5-3-1-2-4-5;2*7-5-6-3-1-2-4-6;1-3-2/h1-3H,4H2,(H,7,8);2*1,3,6-7H,2,4-5H2;1-3H. The van der Waals surface area contributed by atoms with Crippen LogP contribution in [0.25, 0.3) is 0 Å². The molecule has 3 rings (SSSR count). The van der Waals surface area contributed by atoms with Gasteiger partial charge in [-0.1, -0.05) is 42.5 Å². The van der Waals surface area contributed by atoms with E-state index in [4.69, 9.17) is 20.0 Å². The first-order valence-corrected chi connectivity index (χ1v) is 9.78. The first kappa shape index (κ1) is 24.1. The molecule has 0 heterocycles. The van der Waals surface area contributed by atoms with Gasteiger partial charge < -0.3 is 20.0 Å². The van der Waals surface area contributed by atoms with E-state index in [2.05, 4.69) is 36.9 Å². The summed E-state index contributed by atoms with van der Waals surface area (Å²) in [5, 5.41) is 16.8. The second kappa shape index (κ2) is 16.6. The molecule has 0 aromatic rings. The van der Waals surface area contributed by atoms with Crippen LogP contribution in [0.1, 0.15) is 32.1 Å². The number of thiol groups is 1. The summed E-state index contributed by atoms with van der Waals surface area (Å²) in [6.45, 7) is 0.330. The van der Waals surface area contributed by atoms with Gasteiger partial charge in [-0.25, -0.2) is 4.79 Å². The molecule has 0 aromatic heterocycles. The second-order valence-corrected chi connectivity index (χ2v) is 6.19. The number of carboxylic acids is 1. The van der Waals surface area contributed by atoms with Gasteiger partial charge in [0.05, 0.1) is 0 Å². The third kappa shape index (κ3) is 13.0. The Balaban J connectivity index is 0.000000321. The zero-order valence-corrected chi connectivity index (χ0v) is 16.2. The summed E-state index contributed by atoms with van der Waals surface area (Å²) in [7, 11) is -0.917. The van der Waals surface area contributed by atoms with Crippen molar-refractivity contribution in [3.05, 3.63) is 48.1 Å². The zero-order chi connectivity index (χ0) is 18.9. The first-order chi connectivity index (χ1) is 12.1. The Morgan fingerprint density at radius 3 is 1.88 bits per heavy atom. The molecule has 0 fully saturated rings. The lowest BCUT2D eigenvalue weighted by Gasteiger charge is -1.97. The monoisotopic (exact) mass is 388 g/mol. The fourth-order valence-electron chi connectivity index (χ4n) is 2.30. The van der Waals surface area contributed by atoms with Crippen LogP contribution in [0.3, 0.4) is 0 Å². The van der Waals surface area contributed by atoms with Crippen LogP contribution in [0.15, 0.2) is 48.1 Å². The predicted molar refractivity (Wildman–Crippen MR) is 107 cm³/mol.